The van der Waals surface area contributed by atoms with Gasteiger partial charge in [-0.05, 0) is 35.4 Å². The van der Waals surface area contributed by atoms with Crippen molar-refractivity contribution >= 4 is 52.2 Å². The van der Waals surface area contributed by atoms with Crippen molar-refractivity contribution in [1.82, 2.24) is 10.2 Å². The zero-order valence-electron chi connectivity index (χ0n) is 20.2. The number of carboxylic acids is 1. The first kappa shape index (κ1) is 28.1. The van der Waals surface area contributed by atoms with E-state index in [1.807, 2.05) is 12.1 Å². The summed E-state index contributed by atoms with van der Waals surface area (Å²) in [5.41, 5.74) is 4.39. The summed E-state index contributed by atoms with van der Waals surface area (Å²) in [7, 11) is 0. The summed E-state index contributed by atoms with van der Waals surface area (Å²) < 4.78 is 32.3. The number of amides is 2. The summed E-state index contributed by atoms with van der Waals surface area (Å²) >= 11 is 7.17. The molecule has 2 aromatic carbocycles. The van der Waals surface area contributed by atoms with Crippen LogP contribution in [0.5, 0.6) is 0 Å². The maximum Gasteiger partial charge on any atom is 0.490 e. The van der Waals surface area contributed by atoms with Crippen LogP contribution in [0.4, 0.5) is 18.9 Å². The van der Waals surface area contributed by atoms with Gasteiger partial charge in [-0.3, -0.25) is 14.6 Å². The molecule has 0 spiro atoms. The molecule has 2 aliphatic rings. The minimum atomic E-state index is -5.08. The van der Waals surface area contributed by atoms with Gasteiger partial charge in [-0.15, -0.1) is 11.3 Å². The number of carboxylic acid groups (broad SMARTS) is 1. The molecule has 13 heteroatoms. The maximum absolute atomic E-state index is 13.0. The fourth-order valence-corrected chi connectivity index (χ4v) is 4.94. The second-order valence-electron chi connectivity index (χ2n) is 8.60. The van der Waals surface area contributed by atoms with E-state index in [0.717, 1.165) is 36.5 Å². The van der Waals surface area contributed by atoms with Gasteiger partial charge in [0.1, 0.15) is 5.84 Å². The van der Waals surface area contributed by atoms with Crippen LogP contribution in [0.1, 0.15) is 36.7 Å². The van der Waals surface area contributed by atoms with Crippen molar-refractivity contribution in [3.05, 3.63) is 86.1 Å². The van der Waals surface area contributed by atoms with Gasteiger partial charge in [-0.2, -0.15) is 13.2 Å². The number of anilines is 1. The highest BCUT2D eigenvalue weighted by atomic mass is 35.5. The zero-order chi connectivity index (χ0) is 28.2. The monoisotopic (exact) mass is 578 g/mol. The van der Waals surface area contributed by atoms with Gasteiger partial charge in [-0.1, -0.05) is 41.9 Å². The number of hydrogen-bond donors (Lipinski definition) is 3. The zero-order valence-corrected chi connectivity index (χ0v) is 21.8. The fourth-order valence-electron chi connectivity index (χ4n) is 4.00. The summed E-state index contributed by atoms with van der Waals surface area (Å²) in [6.07, 6.45) is -4.28. The second kappa shape index (κ2) is 11.9. The van der Waals surface area contributed by atoms with Crippen molar-refractivity contribution in [2.45, 2.75) is 25.7 Å². The molecule has 0 saturated heterocycles. The molecule has 0 aliphatic carbocycles. The number of fused-ring (bicyclic) bond motifs is 1. The quantitative estimate of drug-likeness (QED) is 0.382. The number of halogens is 4. The molecule has 0 atom stereocenters. The van der Waals surface area contributed by atoms with Crippen LogP contribution in [0, 0.1) is 0 Å². The van der Waals surface area contributed by atoms with E-state index in [4.69, 9.17) is 21.5 Å². The van der Waals surface area contributed by atoms with Gasteiger partial charge in [-0.25, -0.2) is 4.79 Å². The Balaban J connectivity index is 0.000000448. The highest BCUT2D eigenvalue weighted by Crippen LogP contribution is 2.31. The van der Waals surface area contributed by atoms with Crippen LogP contribution in [-0.4, -0.2) is 52.9 Å². The van der Waals surface area contributed by atoms with Gasteiger partial charge in [0.15, 0.2) is 0 Å². The van der Waals surface area contributed by atoms with Crippen molar-refractivity contribution in [2.75, 3.05) is 18.4 Å². The number of nitrogens with zero attached hydrogens (tertiary/aromatic N) is 2. The van der Waals surface area contributed by atoms with Gasteiger partial charge >= 0.3 is 12.1 Å². The Morgan fingerprint density at radius 3 is 2.38 bits per heavy atom. The van der Waals surface area contributed by atoms with Crippen molar-refractivity contribution in [3.8, 4) is 0 Å². The lowest BCUT2D eigenvalue weighted by Gasteiger charge is -2.16. The molecular formula is C26H22ClF3N4O4S. The molecule has 2 amide bonds. The van der Waals surface area contributed by atoms with Crippen molar-refractivity contribution in [3.63, 3.8) is 0 Å². The first-order valence-electron chi connectivity index (χ1n) is 11.6. The van der Waals surface area contributed by atoms with E-state index in [1.54, 1.807) is 23.1 Å². The van der Waals surface area contributed by atoms with Crippen molar-refractivity contribution in [1.29, 1.82) is 0 Å². The summed E-state index contributed by atoms with van der Waals surface area (Å²) in [4.78, 5) is 41.2. The van der Waals surface area contributed by atoms with Crippen LogP contribution in [0.25, 0.3) is 0 Å². The number of carbonyl (C=O) groups is 3. The molecule has 0 fully saturated rings. The molecule has 204 valence electrons. The molecule has 5 rings (SSSR count). The molecule has 0 radical (unpaired) electrons. The Labute approximate surface area is 230 Å². The van der Waals surface area contributed by atoms with Gasteiger partial charge in [0.2, 0.25) is 0 Å². The van der Waals surface area contributed by atoms with E-state index in [0.29, 0.717) is 33.6 Å². The first-order valence-corrected chi connectivity index (χ1v) is 12.8. The predicted octanol–water partition coefficient (Wildman–Crippen LogP) is 4.99. The van der Waals surface area contributed by atoms with E-state index >= 15 is 0 Å². The van der Waals surface area contributed by atoms with Gasteiger partial charge in [0, 0.05) is 42.9 Å². The minimum absolute atomic E-state index is 0.0242. The number of nitrogens with one attached hydrogen (secondary N) is 2. The van der Waals surface area contributed by atoms with E-state index in [9.17, 15) is 22.8 Å². The van der Waals surface area contributed by atoms with Gasteiger partial charge in [0.05, 0.1) is 15.8 Å². The highest BCUT2D eigenvalue weighted by molar-refractivity contribution is 7.18. The van der Waals surface area contributed by atoms with E-state index in [1.165, 1.54) is 16.9 Å². The number of aliphatic imine (C=N–C) groups is 1. The van der Waals surface area contributed by atoms with Crippen molar-refractivity contribution < 1.29 is 32.7 Å². The Bertz CT molecular complexity index is 1420. The normalized spacial score (nSPS) is 14.2. The third-order valence-corrected chi connectivity index (χ3v) is 7.07. The van der Waals surface area contributed by atoms with Crippen LogP contribution in [0.2, 0.25) is 4.34 Å². The Kier molecular flexibility index (Phi) is 8.56. The topological polar surface area (TPSA) is 111 Å². The van der Waals surface area contributed by atoms with Gasteiger partial charge in [0.25, 0.3) is 11.8 Å². The lowest BCUT2D eigenvalue weighted by Crippen LogP contribution is -2.23. The van der Waals surface area contributed by atoms with Crippen LogP contribution in [-0.2, 0) is 24.3 Å². The second-order valence-corrected chi connectivity index (χ2v) is 10.3. The highest BCUT2D eigenvalue weighted by Gasteiger charge is 2.38. The molecule has 1 aromatic heterocycles. The molecule has 3 aromatic rings. The Morgan fingerprint density at radius 1 is 1.10 bits per heavy atom. The third kappa shape index (κ3) is 7.15. The van der Waals surface area contributed by atoms with Crippen LogP contribution in [0.3, 0.4) is 0 Å². The number of thiophene rings is 1. The number of hydrogen-bond acceptors (Lipinski definition) is 6. The predicted molar refractivity (Wildman–Crippen MR) is 141 cm³/mol. The number of amidine groups is 1. The fraction of sp³-hybridized carbons (Fsp3) is 0.231. The summed E-state index contributed by atoms with van der Waals surface area (Å²) in [6.45, 7) is 2.72. The summed E-state index contributed by atoms with van der Waals surface area (Å²) in [5, 5.41) is 13.3. The average Bonchev–Trinajstić information content (AvgIpc) is 3.63. The Morgan fingerprint density at radius 2 is 1.79 bits per heavy atom. The molecule has 0 unspecified atom stereocenters. The number of benzene rings is 2. The van der Waals surface area contributed by atoms with Crippen molar-refractivity contribution in [2.24, 2.45) is 4.99 Å². The molecule has 3 N–H and O–H groups in total. The number of carbonyl (C=O) groups excluding carboxylic acids is 2. The SMILES string of the molecule is O=C(Nc1cccc2c1CN(Cc1ccc(CC3=NCCN3)cc1)C2=O)c1ccc(Cl)s1.O=C(O)C(F)(F)F. The average molecular weight is 579 g/mol. The minimum Gasteiger partial charge on any atom is -0.475 e. The molecule has 8 nitrogen and oxygen atoms in total. The summed E-state index contributed by atoms with van der Waals surface area (Å²) in [5.74, 6) is -1.98. The number of alkyl halides is 3. The van der Waals surface area contributed by atoms with Gasteiger partial charge < -0.3 is 20.6 Å². The first-order chi connectivity index (χ1) is 18.5. The molecule has 3 heterocycles. The standard InChI is InChI=1S/C24H21ClN4O2S.C2HF3O2/c25-21-9-8-20(32-21)23(30)28-19-3-1-2-17-18(19)14-29(24(17)31)13-16-6-4-15(5-7-16)12-22-26-10-11-27-22;3-2(4,5)1(6)7/h1-9H,10-14H2,(H,26,27)(H,28,30);(H,6,7). The van der Waals surface area contributed by atoms with E-state index in [-0.39, 0.29) is 11.8 Å². The molecule has 0 saturated carbocycles. The lowest BCUT2D eigenvalue weighted by atomic mass is 10.1. The smallest absolute Gasteiger partial charge is 0.475 e. The molecule has 39 heavy (non-hydrogen) atoms. The summed E-state index contributed by atoms with van der Waals surface area (Å²) in [6, 6.07) is 17.1. The van der Waals surface area contributed by atoms with E-state index < -0.39 is 12.1 Å². The molecule has 2 aliphatic heterocycles. The Hall–Kier alpha value is -3.90. The van der Waals surface area contributed by atoms with Crippen LogP contribution in [0.15, 0.2) is 59.6 Å². The molecule has 0 bridgehead atoms. The lowest BCUT2D eigenvalue weighted by molar-refractivity contribution is -0.192. The molecular weight excluding hydrogens is 557 g/mol. The van der Waals surface area contributed by atoms with Crippen LogP contribution < -0.4 is 10.6 Å². The number of rotatable bonds is 6. The van der Waals surface area contributed by atoms with Crippen LogP contribution >= 0.6 is 22.9 Å². The van der Waals surface area contributed by atoms with E-state index in [2.05, 4.69) is 39.9 Å². The number of aliphatic carboxylic acids is 1. The largest absolute Gasteiger partial charge is 0.490 e. The maximum atomic E-state index is 13.0. The third-order valence-electron chi connectivity index (χ3n) is 5.84.